The molecule has 0 aliphatic heterocycles. The molecule has 0 radical (unpaired) electrons. The number of nitrogen functional groups attached to an aromatic ring is 1. The summed E-state index contributed by atoms with van der Waals surface area (Å²) in [6.45, 7) is 0. The van der Waals surface area contributed by atoms with Crippen LogP contribution in [0.1, 0.15) is 19.3 Å². The number of methoxy groups -OCH3 is 1. The lowest BCUT2D eigenvalue weighted by atomic mass is 10.2. The third-order valence-electron chi connectivity index (χ3n) is 3.12. The van der Waals surface area contributed by atoms with Gasteiger partial charge in [0.2, 0.25) is 0 Å². The number of nitrogens with one attached hydrogen (secondary N) is 2. The Morgan fingerprint density at radius 2 is 2.06 bits per heavy atom. The van der Waals surface area contributed by atoms with Crippen molar-refractivity contribution in [2.45, 2.75) is 31.4 Å². The number of halogens is 2. The number of aromatic nitrogens is 1. The Balaban J connectivity index is 2.09. The van der Waals surface area contributed by atoms with Gasteiger partial charge in [0.1, 0.15) is 5.82 Å². The number of hydrazine groups is 1. The molecule has 0 bridgehead atoms. The zero-order valence-corrected chi connectivity index (χ0v) is 11.6. The molecule has 2 unspecified atom stereocenters. The van der Waals surface area contributed by atoms with Crippen molar-refractivity contribution in [1.29, 1.82) is 0 Å². The Morgan fingerprint density at radius 3 is 2.67 bits per heavy atom. The maximum atomic E-state index is 6.10. The van der Waals surface area contributed by atoms with Crippen LogP contribution in [-0.2, 0) is 4.74 Å². The lowest BCUT2D eigenvalue weighted by Gasteiger charge is -2.16. The third kappa shape index (κ3) is 2.98. The van der Waals surface area contributed by atoms with E-state index >= 15 is 0 Å². The van der Waals surface area contributed by atoms with Crippen LogP contribution in [-0.4, -0.2) is 24.2 Å². The van der Waals surface area contributed by atoms with Crippen molar-refractivity contribution in [3.63, 3.8) is 0 Å². The summed E-state index contributed by atoms with van der Waals surface area (Å²) in [6.07, 6.45) is 3.33. The largest absolute Gasteiger partial charge is 0.381 e. The molecule has 4 N–H and O–H groups in total. The molecule has 7 heteroatoms. The van der Waals surface area contributed by atoms with E-state index in [9.17, 15) is 0 Å². The van der Waals surface area contributed by atoms with Gasteiger partial charge in [-0.05, 0) is 25.3 Å². The summed E-state index contributed by atoms with van der Waals surface area (Å²) in [5.74, 6) is 6.33. The molecule has 100 valence electrons. The molecule has 1 aromatic rings. The van der Waals surface area contributed by atoms with Crippen molar-refractivity contribution in [1.82, 2.24) is 4.98 Å². The molecular weight excluding hydrogens is 275 g/mol. The zero-order chi connectivity index (χ0) is 13.1. The predicted molar refractivity (Wildman–Crippen MR) is 74.1 cm³/mol. The highest BCUT2D eigenvalue weighted by molar-refractivity contribution is 6.37. The van der Waals surface area contributed by atoms with Crippen molar-refractivity contribution >= 4 is 34.8 Å². The smallest absolute Gasteiger partial charge is 0.161 e. The predicted octanol–water partition coefficient (Wildman–Crippen LogP) is 2.65. The van der Waals surface area contributed by atoms with E-state index in [0.29, 0.717) is 33.8 Å². The van der Waals surface area contributed by atoms with Gasteiger partial charge in [-0.1, -0.05) is 23.2 Å². The molecule has 0 amide bonds. The Kier molecular flexibility index (Phi) is 4.50. The van der Waals surface area contributed by atoms with Crippen molar-refractivity contribution in [3.05, 3.63) is 16.1 Å². The Morgan fingerprint density at radius 1 is 1.33 bits per heavy atom. The lowest BCUT2D eigenvalue weighted by Crippen LogP contribution is -2.19. The number of nitrogens with zero attached hydrogens (tertiary/aromatic N) is 1. The van der Waals surface area contributed by atoms with Gasteiger partial charge in [-0.25, -0.2) is 10.8 Å². The minimum Gasteiger partial charge on any atom is -0.381 e. The monoisotopic (exact) mass is 290 g/mol. The normalized spacial score (nSPS) is 23.1. The van der Waals surface area contributed by atoms with E-state index in [1.54, 1.807) is 13.2 Å². The molecule has 0 saturated heterocycles. The molecule has 5 nitrogen and oxygen atoms in total. The fourth-order valence-corrected chi connectivity index (χ4v) is 2.62. The van der Waals surface area contributed by atoms with E-state index in [2.05, 4.69) is 15.7 Å². The Hall–Kier alpha value is -0.750. The average molecular weight is 291 g/mol. The summed E-state index contributed by atoms with van der Waals surface area (Å²) < 4.78 is 5.33. The number of ether oxygens (including phenoxy) is 1. The van der Waals surface area contributed by atoms with Gasteiger partial charge >= 0.3 is 0 Å². The van der Waals surface area contributed by atoms with Gasteiger partial charge in [0, 0.05) is 13.2 Å². The fourth-order valence-electron chi connectivity index (χ4n) is 2.15. The average Bonchev–Trinajstić information content (AvgIpc) is 2.80. The van der Waals surface area contributed by atoms with Crippen LogP contribution in [0.15, 0.2) is 6.07 Å². The number of anilines is 2. The highest BCUT2D eigenvalue weighted by Crippen LogP contribution is 2.31. The first kappa shape index (κ1) is 13.7. The summed E-state index contributed by atoms with van der Waals surface area (Å²) in [4.78, 5) is 4.25. The van der Waals surface area contributed by atoms with Crippen LogP contribution in [0.5, 0.6) is 0 Å². The van der Waals surface area contributed by atoms with Crippen molar-refractivity contribution in [3.8, 4) is 0 Å². The van der Waals surface area contributed by atoms with Crippen molar-refractivity contribution < 1.29 is 4.74 Å². The number of nitrogens with two attached hydrogens (primary N) is 1. The number of hydrogen-bond acceptors (Lipinski definition) is 5. The first-order valence-corrected chi connectivity index (χ1v) is 6.51. The van der Waals surface area contributed by atoms with Gasteiger partial charge in [0.25, 0.3) is 0 Å². The van der Waals surface area contributed by atoms with E-state index in [-0.39, 0.29) is 0 Å². The van der Waals surface area contributed by atoms with Crippen LogP contribution in [0.4, 0.5) is 11.6 Å². The number of rotatable bonds is 4. The first-order valence-electron chi connectivity index (χ1n) is 5.76. The Bertz CT molecular complexity index is 430. The van der Waals surface area contributed by atoms with Crippen LogP contribution in [0, 0.1) is 0 Å². The maximum Gasteiger partial charge on any atom is 0.161 e. The van der Waals surface area contributed by atoms with Crippen LogP contribution in [0.2, 0.25) is 10.0 Å². The summed E-state index contributed by atoms with van der Waals surface area (Å²) in [7, 11) is 1.73. The molecule has 1 fully saturated rings. The summed E-state index contributed by atoms with van der Waals surface area (Å²) in [5, 5.41) is 4.18. The highest BCUT2D eigenvalue weighted by atomic mass is 35.5. The van der Waals surface area contributed by atoms with E-state index < -0.39 is 0 Å². The molecule has 18 heavy (non-hydrogen) atoms. The molecule has 1 heterocycles. The van der Waals surface area contributed by atoms with Crippen LogP contribution < -0.4 is 16.6 Å². The maximum absolute atomic E-state index is 6.10. The molecule has 1 saturated carbocycles. The molecule has 2 atom stereocenters. The van der Waals surface area contributed by atoms with Crippen LogP contribution in [0.3, 0.4) is 0 Å². The molecule has 1 aliphatic carbocycles. The number of hydrogen-bond donors (Lipinski definition) is 3. The van der Waals surface area contributed by atoms with Gasteiger partial charge in [-0.3, -0.25) is 0 Å². The second kappa shape index (κ2) is 5.93. The SMILES string of the molecule is COC1CCC(Nc2nc(NN)c(Cl)cc2Cl)C1. The molecule has 2 rings (SSSR count). The molecule has 0 aromatic carbocycles. The number of pyridine rings is 1. The first-order chi connectivity index (χ1) is 8.63. The molecule has 1 aromatic heterocycles. The minimum atomic E-state index is 0.306. The van der Waals surface area contributed by atoms with E-state index in [1.165, 1.54) is 0 Å². The van der Waals surface area contributed by atoms with Gasteiger partial charge in [0.05, 0.1) is 16.1 Å². The lowest BCUT2D eigenvalue weighted by molar-refractivity contribution is 0.108. The van der Waals surface area contributed by atoms with Gasteiger partial charge in [-0.15, -0.1) is 0 Å². The van der Waals surface area contributed by atoms with Gasteiger partial charge < -0.3 is 15.5 Å². The molecular formula is C11H16Cl2N4O. The summed E-state index contributed by atoms with van der Waals surface area (Å²) in [6, 6.07) is 1.93. The molecule has 0 spiro atoms. The second-order valence-electron chi connectivity index (χ2n) is 4.31. The van der Waals surface area contributed by atoms with E-state index in [0.717, 1.165) is 19.3 Å². The van der Waals surface area contributed by atoms with Gasteiger partial charge in [-0.2, -0.15) is 0 Å². The Labute approximate surface area is 116 Å². The minimum absolute atomic E-state index is 0.306. The zero-order valence-electron chi connectivity index (χ0n) is 10.0. The van der Waals surface area contributed by atoms with Crippen molar-refractivity contribution in [2.24, 2.45) is 5.84 Å². The molecule has 1 aliphatic rings. The highest BCUT2D eigenvalue weighted by Gasteiger charge is 2.25. The van der Waals surface area contributed by atoms with Gasteiger partial charge in [0.15, 0.2) is 5.82 Å². The standard InChI is InChI=1S/C11H16Cl2N4O/c1-18-7-3-2-6(4-7)15-10-8(12)5-9(13)11(16-10)17-14/h5-7H,2-4,14H2,1H3,(H2,15,16,17). The van der Waals surface area contributed by atoms with E-state index in [4.69, 9.17) is 33.8 Å². The fraction of sp³-hybridized carbons (Fsp3) is 0.545. The third-order valence-corrected chi connectivity index (χ3v) is 3.70. The summed E-state index contributed by atoms with van der Waals surface area (Å²) >= 11 is 12.0. The second-order valence-corrected chi connectivity index (χ2v) is 5.12. The quantitative estimate of drug-likeness (QED) is 0.587. The van der Waals surface area contributed by atoms with E-state index in [1.807, 2.05) is 0 Å². The van der Waals surface area contributed by atoms with Crippen LogP contribution >= 0.6 is 23.2 Å². The van der Waals surface area contributed by atoms with Crippen molar-refractivity contribution in [2.75, 3.05) is 17.9 Å². The topological polar surface area (TPSA) is 72.2 Å². The summed E-state index contributed by atoms with van der Waals surface area (Å²) in [5.41, 5.74) is 2.44. The van der Waals surface area contributed by atoms with Crippen LogP contribution in [0.25, 0.3) is 0 Å².